The molecule has 0 saturated heterocycles. The highest BCUT2D eigenvalue weighted by Gasteiger charge is 2.20. The van der Waals surface area contributed by atoms with Crippen molar-refractivity contribution in [2.75, 3.05) is 27.4 Å². The molecule has 3 heterocycles. The van der Waals surface area contributed by atoms with Crippen molar-refractivity contribution in [2.24, 2.45) is 4.99 Å². The van der Waals surface area contributed by atoms with Crippen molar-refractivity contribution < 1.29 is 28.5 Å². The minimum absolute atomic E-state index is 0.0172. The van der Waals surface area contributed by atoms with Gasteiger partial charge in [-0.2, -0.15) is 4.99 Å². The lowest BCUT2D eigenvalue weighted by atomic mass is 10.2. The number of nitrogens with zero attached hydrogens (tertiary/aromatic N) is 4. The molecule has 0 fully saturated rings. The van der Waals surface area contributed by atoms with E-state index in [9.17, 15) is 14.4 Å². The minimum Gasteiger partial charge on any atom is -0.497 e. The third-order valence-corrected chi connectivity index (χ3v) is 5.93. The molecule has 0 bridgehead atoms. The van der Waals surface area contributed by atoms with Crippen molar-refractivity contribution in [1.82, 2.24) is 14.0 Å². The molecule has 0 aliphatic heterocycles. The Morgan fingerprint density at radius 1 is 1.17 bits per heavy atom. The van der Waals surface area contributed by atoms with Crippen LogP contribution in [-0.4, -0.2) is 59.4 Å². The molecule has 0 aliphatic rings. The van der Waals surface area contributed by atoms with Crippen LogP contribution < -0.4 is 11.0 Å². The fraction of sp³-hybridized carbons (Fsp3) is 0.367. The lowest BCUT2D eigenvalue weighted by Gasteiger charge is -2.15. The number of pyridine rings is 2. The quantitative estimate of drug-likeness (QED) is 0.101. The van der Waals surface area contributed by atoms with E-state index in [0.717, 1.165) is 0 Å². The van der Waals surface area contributed by atoms with Crippen LogP contribution in [0.5, 0.6) is 0 Å². The van der Waals surface area contributed by atoms with Gasteiger partial charge in [0.25, 0.3) is 11.5 Å². The number of esters is 1. The summed E-state index contributed by atoms with van der Waals surface area (Å²) in [7, 11) is 2.95. The molecule has 0 aromatic carbocycles. The second-order valence-corrected chi connectivity index (χ2v) is 9.09. The predicted molar refractivity (Wildman–Crippen MR) is 154 cm³/mol. The van der Waals surface area contributed by atoms with Crippen molar-refractivity contribution >= 4 is 28.6 Å². The summed E-state index contributed by atoms with van der Waals surface area (Å²) in [5, 5.41) is 0.191. The predicted octanol–water partition coefficient (Wildman–Crippen LogP) is 3.71. The Hall–Kier alpha value is -4.51. The highest BCUT2D eigenvalue weighted by Crippen LogP contribution is 2.13. The van der Waals surface area contributed by atoms with Gasteiger partial charge in [0.15, 0.2) is 5.49 Å². The first-order valence-corrected chi connectivity index (χ1v) is 13.3. The number of hydrogen-bond donors (Lipinski definition) is 0. The number of methoxy groups -OCH3 is 2. The molecule has 218 valence electrons. The standard InChI is InChI=1S/C30H36N4O7/c1-7-21(38-5)18-22(39-6)13-14-26(35)32-28-24(30(37)40-8-2)19-23-27(34(28)16-11-17-41-20(3)4)31-25-12-9-10-15-33(25)29(23)36/h7,9-10,12-13,15,18-20H,1,8,11,14,16-17H2,2-6H3/b21-18+,22-13+,32-28?. The molecule has 0 atom stereocenters. The number of fused-ring (bicyclic) bond motifs is 2. The van der Waals surface area contributed by atoms with E-state index >= 15 is 0 Å². The third kappa shape index (κ3) is 7.79. The number of carbonyl (C=O) groups is 2. The molecular formula is C30H36N4O7. The first kappa shape index (κ1) is 31.0. The summed E-state index contributed by atoms with van der Waals surface area (Å²) in [5.74, 6) is -0.445. The van der Waals surface area contributed by atoms with Gasteiger partial charge in [0.2, 0.25) is 0 Å². The number of aryl methyl sites for hydroxylation is 1. The maximum absolute atomic E-state index is 13.5. The molecule has 0 aliphatic carbocycles. The van der Waals surface area contributed by atoms with E-state index < -0.39 is 11.9 Å². The van der Waals surface area contributed by atoms with Crippen molar-refractivity contribution in [2.45, 2.75) is 46.3 Å². The molecule has 0 N–H and O–H groups in total. The molecule has 11 nitrogen and oxygen atoms in total. The van der Waals surface area contributed by atoms with Crippen LogP contribution in [0.4, 0.5) is 0 Å². The Kier molecular flexibility index (Phi) is 11.2. The van der Waals surface area contributed by atoms with Crippen LogP contribution in [0.1, 0.15) is 44.0 Å². The van der Waals surface area contributed by atoms with E-state index in [0.29, 0.717) is 30.2 Å². The van der Waals surface area contributed by atoms with Gasteiger partial charge in [-0.25, -0.2) is 9.78 Å². The molecule has 1 amide bonds. The summed E-state index contributed by atoms with van der Waals surface area (Å²) in [6.45, 7) is 9.98. The monoisotopic (exact) mass is 564 g/mol. The maximum atomic E-state index is 13.5. The van der Waals surface area contributed by atoms with Crippen LogP contribution >= 0.6 is 0 Å². The van der Waals surface area contributed by atoms with Crippen molar-refractivity contribution in [3.63, 3.8) is 0 Å². The SMILES string of the molecule is C=C/C(=C\C(=C/CC(=O)N=c1c(C(=O)OCC)cc2c(=O)n3ccccc3nc2n1CCCOC(C)C)OC)OC. The average Bonchev–Trinajstić information content (AvgIpc) is 2.96. The Labute approximate surface area is 238 Å². The van der Waals surface area contributed by atoms with E-state index in [-0.39, 0.29) is 53.3 Å². The lowest BCUT2D eigenvalue weighted by molar-refractivity contribution is -0.117. The van der Waals surface area contributed by atoms with E-state index in [1.165, 1.54) is 30.8 Å². The van der Waals surface area contributed by atoms with Crippen LogP contribution in [0.3, 0.4) is 0 Å². The van der Waals surface area contributed by atoms with Gasteiger partial charge in [-0.1, -0.05) is 12.6 Å². The van der Waals surface area contributed by atoms with E-state index in [1.54, 1.807) is 48.0 Å². The Bertz CT molecular complexity index is 1610. The summed E-state index contributed by atoms with van der Waals surface area (Å²) >= 11 is 0. The normalized spacial score (nSPS) is 12.7. The van der Waals surface area contributed by atoms with Crippen LogP contribution in [0.25, 0.3) is 16.7 Å². The van der Waals surface area contributed by atoms with Gasteiger partial charge < -0.3 is 23.5 Å². The number of carbonyl (C=O) groups excluding carboxylic acids is 2. The number of aromatic nitrogens is 3. The topological polar surface area (TPSA) is 123 Å². The second kappa shape index (κ2) is 14.8. The molecule has 0 unspecified atom stereocenters. The molecule has 41 heavy (non-hydrogen) atoms. The van der Waals surface area contributed by atoms with Crippen LogP contribution in [0.15, 0.2) is 76.6 Å². The summed E-state index contributed by atoms with van der Waals surface area (Å²) in [5.41, 5.74) is 0.364. The van der Waals surface area contributed by atoms with E-state index in [2.05, 4.69) is 11.6 Å². The largest absolute Gasteiger partial charge is 0.497 e. The molecule has 0 saturated carbocycles. The Morgan fingerprint density at radius 3 is 2.59 bits per heavy atom. The second-order valence-electron chi connectivity index (χ2n) is 9.09. The third-order valence-electron chi connectivity index (χ3n) is 5.93. The molecule has 11 heteroatoms. The zero-order valence-corrected chi connectivity index (χ0v) is 24.1. The van der Waals surface area contributed by atoms with Gasteiger partial charge in [-0.05, 0) is 57.5 Å². The number of rotatable bonds is 13. The number of allylic oxidation sites excluding steroid dienone is 2. The number of amides is 1. The summed E-state index contributed by atoms with van der Waals surface area (Å²) in [6.07, 6.45) is 6.62. The summed E-state index contributed by atoms with van der Waals surface area (Å²) in [4.78, 5) is 48.8. The van der Waals surface area contributed by atoms with Crippen molar-refractivity contribution in [3.05, 3.63) is 88.2 Å². The van der Waals surface area contributed by atoms with E-state index in [4.69, 9.17) is 23.9 Å². The minimum atomic E-state index is -0.711. The smallest absolute Gasteiger partial charge is 0.341 e. The van der Waals surface area contributed by atoms with Gasteiger partial charge in [0, 0.05) is 25.4 Å². The first-order chi connectivity index (χ1) is 19.7. The molecule has 0 radical (unpaired) electrons. The number of hydrogen-bond acceptors (Lipinski definition) is 8. The van der Waals surface area contributed by atoms with Crippen LogP contribution in [0, 0.1) is 0 Å². The summed E-state index contributed by atoms with van der Waals surface area (Å²) < 4.78 is 24.5. The van der Waals surface area contributed by atoms with E-state index in [1.807, 2.05) is 13.8 Å². The average molecular weight is 565 g/mol. The zero-order chi connectivity index (χ0) is 29.9. The van der Waals surface area contributed by atoms with Gasteiger partial charge in [-0.3, -0.25) is 14.0 Å². The van der Waals surface area contributed by atoms with Crippen molar-refractivity contribution in [1.29, 1.82) is 0 Å². The van der Waals surface area contributed by atoms with Gasteiger partial charge >= 0.3 is 5.97 Å². The molecule has 3 rings (SSSR count). The molecule has 0 spiro atoms. The van der Waals surface area contributed by atoms with Crippen molar-refractivity contribution in [3.8, 4) is 0 Å². The fourth-order valence-electron chi connectivity index (χ4n) is 4.01. The van der Waals surface area contributed by atoms with Gasteiger partial charge in [0.1, 0.15) is 28.4 Å². The van der Waals surface area contributed by atoms with Gasteiger partial charge in [0.05, 0.1) is 38.7 Å². The maximum Gasteiger partial charge on any atom is 0.341 e. The highest BCUT2D eigenvalue weighted by molar-refractivity contribution is 5.93. The van der Waals surface area contributed by atoms with Crippen LogP contribution in [0.2, 0.25) is 0 Å². The fourth-order valence-corrected chi connectivity index (χ4v) is 4.01. The zero-order valence-electron chi connectivity index (χ0n) is 24.1. The Morgan fingerprint density at radius 2 is 1.93 bits per heavy atom. The summed E-state index contributed by atoms with van der Waals surface area (Å²) in [6, 6.07) is 6.58. The lowest BCUT2D eigenvalue weighted by Crippen LogP contribution is -2.33. The van der Waals surface area contributed by atoms with Crippen LogP contribution in [-0.2, 0) is 30.3 Å². The highest BCUT2D eigenvalue weighted by atomic mass is 16.5. The molecule has 3 aromatic heterocycles. The number of ether oxygens (including phenoxy) is 4. The van der Waals surface area contributed by atoms with Gasteiger partial charge in [-0.15, -0.1) is 0 Å². The first-order valence-electron chi connectivity index (χ1n) is 13.3. The molecular weight excluding hydrogens is 528 g/mol. The molecule has 3 aromatic rings. The Balaban J connectivity index is 2.26.